The topological polar surface area (TPSA) is 52.0 Å². The largest absolute Gasteiger partial charge is 0.326 e. The summed E-state index contributed by atoms with van der Waals surface area (Å²) in [7, 11) is 0. The van der Waals surface area contributed by atoms with Crippen LogP contribution in [0.25, 0.3) is 0 Å². The van der Waals surface area contributed by atoms with Gasteiger partial charge in [0.05, 0.1) is 0 Å². The van der Waals surface area contributed by atoms with Gasteiger partial charge in [-0.05, 0) is 19.3 Å². The summed E-state index contributed by atoms with van der Waals surface area (Å²) in [5.74, 6) is 0. The van der Waals surface area contributed by atoms with Gasteiger partial charge in [0.25, 0.3) is 0 Å². The summed E-state index contributed by atoms with van der Waals surface area (Å²) in [5, 5.41) is 0. The molecular formula is C8H16N2. The molecule has 0 amide bonds. The van der Waals surface area contributed by atoms with Crippen LogP contribution in [-0.2, 0) is 0 Å². The van der Waals surface area contributed by atoms with Crippen molar-refractivity contribution in [2.45, 2.75) is 37.8 Å². The van der Waals surface area contributed by atoms with E-state index in [1.54, 1.807) is 0 Å². The lowest BCUT2D eigenvalue weighted by Crippen LogP contribution is -2.40. The van der Waals surface area contributed by atoms with E-state index in [2.05, 4.69) is 6.08 Å². The highest BCUT2D eigenvalue weighted by Crippen LogP contribution is 2.09. The van der Waals surface area contributed by atoms with Crippen molar-refractivity contribution in [3.05, 3.63) is 12.2 Å². The molecule has 2 heteroatoms. The van der Waals surface area contributed by atoms with E-state index in [9.17, 15) is 0 Å². The van der Waals surface area contributed by atoms with E-state index in [0.29, 0.717) is 0 Å². The van der Waals surface area contributed by atoms with Gasteiger partial charge in [0.15, 0.2) is 0 Å². The van der Waals surface area contributed by atoms with Gasteiger partial charge in [-0.2, -0.15) is 0 Å². The lowest BCUT2D eigenvalue weighted by Gasteiger charge is -2.18. The van der Waals surface area contributed by atoms with E-state index >= 15 is 0 Å². The number of nitrogens with two attached hydrogens (primary N) is 2. The van der Waals surface area contributed by atoms with Gasteiger partial charge in [-0.15, -0.1) is 0 Å². The second-order valence-corrected chi connectivity index (χ2v) is 2.95. The predicted molar refractivity (Wildman–Crippen MR) is 43.6 cm³/mol. The van der Waals surface area contributed by atoms with Crippen LogP contribution >= 0.6 is 0 Å². The molecule has 0 heterocycles. The van der Waals surface area contributed by atoms with Gasteiger partial charge >= 0.3 is 0 Å². The zero-order valence-corrected chi connectivity index (χ0v) is 6.29. The average molecular weight is 140 g/mol. The normalized spacial score (nSPS) is 38.2. The molecule has 10 heavy (non-hydrogen) atoms. The van der Waals surface area contributed by atoms with Gasteiger partial charge in [0.2, 0.25) is 0 Å². The molecule has 0 saturated heterocycles. The van der Waals surface area contributed by atoms with Crippen molar-refractivity contribution < 1.29 is 0 Å². The van der Waals surface area contributed by atoms with Crippen molar-refractivity contribution in [2.24, 2.45) is 11.5 Å². The van der Waals surface area contributed by atoms with Crippen LogP contribution in [0.1, 0.15) is 25.7 Å². The van der Waals surface area contributed by atoms with Crippen LogP contribution in [0.3, 0.4) is 0 Å². The first-order valence-corrected chi connectivity index (χ1v) is 3.98. The maximum Gasteiger partial charge on any atom is 0.0378 e. The molecule has 0 aromatic rings. The smallest absolute Gasteiger partial charge is 0.0378 e. The summed E-state index contributed by atoms with van der Waals surface area (Å²) in [6.45, 7) is 0. The number of allylic oxidation sites excluding steroid dienone is 1. The second kappa shape index (κ2) is 3.74. The molecule has 0 fully saturated rings. The van der Waals surface area contributed by atoms with Crippen LogP contribution in [0.4, 0.5) is 0 Å². The first-order chi connectivity index (χ1) is 4.80. The molecule has 0 aromatic heterocycles. The third kappa shape index (κ3) is 2.12. The van der Waals surface area contributed by atoms with Crippen molar-refractivity contribution in [3.8, 4) is 0 Å². The monoisotopic (exact) mass is 140 g/mol. The predicted octanol–water partition coefficient (Wildman–Crippen LogP) is 0.771. The highest BCUT2D eigenvalue weighted by Gasteiger charge is 2.10. The van der Waals surface area contributed by atoms with E-state index < -0.39 is 0 Å². The second-order valence-electron chi connectivity index (χ2n) is 2.95. The molecule has 58 valence electrons. The number of hydrogen-bond donors (Lipinski definition) is 2. The van der Waals surface area contributed by atoms with Crippen LogP contribution in [-0.4, -0.2) is 12.1 Å². The molecule has 0 spiro atoms. The zero-order valence-electron chi connectivity index (χ0n) is 6.29. The Labute approximate surface area is 62.3 Å². The lowest BCUT2D eigenvalue weighted by atomic mass is 9.99. The third-order valence-corrected chi connectivity index (χ3v) is 2.01. The van der Waals surface area contributed by atoms with E-state index in [4.69, 9.17) is 11.5 Å². The molecule has 0 aromatic carbocycles. The van der Waals surface area contributed by atoms with Gasteiger partial charge < -0.3 is 11.5 Å². The zero-order chi connectivity index (χ0) is 7.40. The highest BCUT2D eigenvalue weighted by atomic mass is 14.8. The lowest BCUT2D eigenvalue weighted by molar-refractivity contribution is 0.513. The van der Waals surface area contributed by atoms with Crippen LogP contribution in [0.15, 0.2) is 12.2 Å². The van der Waals surface area contributed by atoms with Crippen LogP contribution < -0.4 is 11.5 Å². The first-order valence-electron chi connectivity index (χ1n) is 3.98. The Balaban J connectivity index is 2.44. The molecule has 1 aliphatic carbocycles. The summed E-state index contributed by atoms with van der Waals surface area (Å²) in [6, 6.07) is 0.261. The van der Waals surface area contributed by atoms with E-state index in [1.807, 2.05) is 6.08 Å². The fourth-order valence-electron chi connectivity index (χ4n) is 1.23. The fraction of sp³-hybridized carbons (Fsp3) is 0.750. The van der Waals surface area contributed by atoms with Gasteiger partial charge in [0.1, 0.15) is 0 Å². The Morgan fingerprint density at radius 3 is 2.80 bits per heavy atom. The average Bonchev–Trinajstić information content (AvgIpc) is 1.92. The summed E-state index contributed by atoms with van der Waals surface area (Å²) >= 11 is 0. The van der Waals surface area contributed by atoms with E-state index in [1.165, 1.54) is 19.3 Å². The van der Waals surface area contributed by atoms with Gasteiger partial charge in [0, 0.05) is 12.1 Å². The SMILES string of the molecule is NC1/C=C/CCCCC1N. The van der Waals surface area contributed by atoms with Gasteiger partial charge in [-0.25, -0.2) is 0 Å². The third-order valence-electron chi connectivity index (χ3n) is 2.01. The first kappa shape index (κ1) is 7.76. The fourth-order valence-corrected chi connectivity index (χ4v) is 1.23. The van der Waals surface area contributed by atoms with Crippen molar-refractivity contribution in [1.82, 2.24) is 0 Å². The maximum atomic E-state index is 5.77. The molecular weight excluding hydrogens is 124 g/mol. The minimum Gasteiger partial charge on any atom is -0.326 e. The minimum absolute atomic E-state index is 0.0836. The van der Waals surface area contributed by atoms with Crippen LogP contribution in [0.5, 0.6) is 0 Å². The molecule has 2 atom stereocenters. The van der Waals surface area contributed by atoms with Crippen molar-refractivity contribution in [1.29, 1.82) is 0 Å². The summed E-state index contributed by atoms with van der Waals surface area (Å²) < 4.78 is 0. The Hall–Kier alpha value is -0.340. The summed E-state index contributed by atoms with van der Waals surface area (Å²) in [5.41, 5.74) is 11.5. The Morgan fingerprint density at radius 2 is 2.00 bits per heavy atom. The van der Waals surface area contributed by atoms with E-state index in [-0.39, 0.29) is 12.1 Å². The Morgan fingerprint density at radius 1 is 1.20 bits per heavy atom. The molecule has 0 aliphatic heterocycles. The molecule has 1 rings (SSSR count). The van der Waals surface area contributed by atoms with Gasteiger partial charge in [-0.3, -0.25) is 0 Å². The molecule has 0 radical (unpaired) electrons. The number of hydrogen-bond acceptors (Lipinski definition) is 2. The molecule has 0 bridgehead atoms. The molecule has 1 aliphatic rings. The molecule has 2 unspecified atom stereocenters. The Bertz CT molecular complexity index is 120. The Kier molecular flexibility index (Phi) is 2.90. The number of rotatable bonds is 0. The minimum atomic E-state index is 0.0836. The maximum absolute atomic E-state index is 5.77. The summed E-state index contributed by atoms with van der Waals surface area (Å²) in [6.07, 6.45) is 8.90. The van der Waals surface area contributed by atoms with Crippen molar-refractivity contribution in [2.75, 3.05) is 0 Å². The van der Waals surface area contributed by atoms with E-state index in [0.717, 1.165) is 6.42 Å². The molecule has 2 nitrogen and oxygen atoms in total. The van der Waals surface area contributed by atoms with Crippen LogP contribution in [0, 0.1) is 0 Å². The molecule has 0 saturated carbocycles. The molecule has 4 N–H and O–H groups in total. The quantitative estimate of drug-likeness (QED) is 0.488. The van der Waals surface area contributed by atoms with Crippen molar-refractivity contribution in [3.63, 3.8) is 0 Å². The van der Waals surface area contributed by atoms with Gasteiger partial charge in [-0.1, -0.05) is 18.6 Å². The standard InChI is InChI=1S/C8H16N2/c9-7-5-3-1-2-4-6-8(7)10/h3,5,7-8H,1-2,4,6,9-10H2/b5-3+. The van der Waals surface area contributed by atoms with Crippen LogP contribution in [0.2, 0.25) is 0 Å². The highest BCUT2D eigenvalue weighted by molar-refractivity contribution is 4.98. The van der Waals surface area contributed by atoms with Crippen molar-refractivity contribution >= 4 is 0 Å². The summed E-state index contributed by atoms with van der Waals surface area (Å²) in [4.78, 5) is 0.